The van der Waals surface area contributed by atoms with Gasteiger partial charge in [-0.05, 0) is 62.4 Å². The fourth-order valence-electron chi connectivity index (χ4n) is 2.65. The normalized spacial score (nSPS) is 10.4. The zero-order valence-corrected chi connectivity index (χ0v) is 17.1. The van der Waals surface area contributed by atoms with E-state index in [4.69, 9.17) is 20.9 Å². The fraction of sp³-hybridized carbons (Fsp3) is 0.190. The van der Waals surface area contributed by atoms with Crippen molar-refractivity contribution in [3.05, 3.63) is 59.7 Å². The van der Waals surface area contributed by atoms with Crippen LogP contribution in [0.15, 0.2) is 48.5 Å². The van der Waals surface area contributed by atoms with Crippen LogP contribution in [0.4, 0.5) is 5.95 Å². The minimum Gasteiger partial charge on any atom is -0.424 e. The van der Waals surface area contributed by atoms with Gasteiger partial charge in [0.2, 0.25) is 17.8 Å². The summed E-state index contributed by atoms with van der Waals surface area (Å²) in [6.07, 6.45) is 0. The molecule has 2 amide bonds. The number of carbonyl (C=O) groups is 2. The molecule has 3 rings (SSSR count). The molecule has 160 valence electrons. The molecule has 0 spiro atoms. The van der Waals surface area contributed by atoms with Gasteiger partial charge in [-0.15, -0.1) is 4.98 Å². The van der Waals surface area contributed by atoms with Crippen molar-refractivity contribution in [2.75, 3.05) is 18.0 Å². The molecule has 0 saturated heterocycles. The molecule has 10 heteroatoms. The minimum absolute atomic E-state index is 0.0208. The van der Waals surface area contributed by atoms with Crippen LogP contribution >= 0.6 is 0 Å². The molecule has 2 aromatic carbocycles. The predicted molar refractivity (Wildman–Crippen MR) is 113 cm³/mol. The number of amides is 2. The lowest BCUT2D eigenvalue weighted by molar-refractivity contribution is 0.0992. The van der Waals surface area contributed by atoms with E-state index in [2.05, 4.69) is 15.0 Å². The average Bonchev–Trinajstić information content (AvgIpc) is 2.75. The first-order chi connectivity index (χ1) is 14.9. The number of aromatic nitrogens is 3. The molecule has 1 heterocycles. The Labute approximate surface area is 178 Å². The average molecular weight is 422 g/mol. The molecule has 0 aliphatic heterocycles. The number of nitrogens with zero attached hydrogens (tertiary/aromatic N) is 4. The third-order valence-electron chi connectivity index (χ3n) is 4.32. The van der Waals surface area contributed by atoms with E-state index in [1.807, 2.05) is 18.7 Å². The number of hydrogen-bond acceptors (Lipinski definition) is 8. The molecular formula is C21H22N6O4. The van der Waals surface area contributed by atoms with E-state index in [9.17, 15) is 9.59 Å². The zero-order valence-electron chi connectivity index (χ0n) is 17.1. The van der Waals surface area contributed by atoms with Gasteiger partial charge >= 0.3 is 12.0 Å². The zero-order chi connectivity index (χ0) is 22.4. The number of nitrogens with two attached hydrogens (primary N) is 2. The van der Waals surface area contributed by atoms with Crippen LogP contribution in [0.25, 0.3) is 0 Å². The number of carbonyl (C=O) groups excluding carboxylic acids is 2. The highest BCUT2D eigenvalue weighted by Gasteiger charge is 2.15. The molecule has 10 nitrogen and oxygen atoms in total. The summed E-state index contributed by atoms with van der Waals surface area (Å²) in [6.45, 7) is 5.28. The van der Waals surface area contributed by atoms with E-state index in [1.54, 1.807) is 48.5 Å². The van der Waals surface area contributed by atoms with Gasteiger partial charge in [-0.2, -0.15) is 9.97 Å². The highest BCUT2D eigenvalue weighted by atomic mass is 16.5. The van der Waals surface area contributed by atoms with Gasteiger partial charge < -0.3 is 25.8 Å². The second-order valence-corrected chi connectivity index (χ2v) is 6.35. The van der Waals surface area contributed by atoms with Crippen LogP contribution in [-0.2, 0) is 0 Å². The fourth-order valence-corrected chi connectivity index (χ4v) is 2.65. The second kappa shape index (κ2) is 9.53. The second-order valence-electron chi connectivity index (χ2n) is 6.35. The van der Waals surface area contributed by atoms with E-state index in [1.165, 1.54) is 0 Å². The van der Waals surface area contributed by atoms with Crippen molar-refractivity contribution in [2.45, 2.75) is 13.8 Å². The minimum atomic E-state index is -0.534. The Hall–Kier alpha value is -4.21. The standard InChI is InChI=1S/C21H22N6O4/c1-3-27(4-2)19-24-20(30-15-9-5-13(6-10-15)17(22)28)26-21(25-19)31-16-11-7-14(8-12-16)18(23)29/h5-12H,3-4H2,1-2H3,(H2,22,28)(H2,23,29). The lowest BCUT2D eigenvalue weighted by Crippen LogP contribution is -2.24. The van der Waals surface area contributed by atoms with E-state index in [-0.39, 0.29) is 12.0 Å². The van der Waals surface area contributed by atoms with Crippen molar-refractivity contribution in [1.82, 2.24) is 15.0 Å². The molecular weight excluding hydrogens is 400 g/mol. The number of hydrogen-bond donors (Lipinski definition) is 2. The number of rotatable bonds is 9. The van der Waals surface area contributed by atoms with Gasteiger partial charge in [-0.3, -0.25) is 9.59 Å². The van der Waals surface area contributed by atoms with Crippen LogP contribution in [-0.4, -0.2) is 39.9 Å². The Kier molecular flexibility index (Phi) is 6.61. The molecule has 0 aliphatic carbocycles. The molecule has 0 bridgehead atoms. The molecule has 0 saturated carbocycles. The number of benzene rings is 2. The molecule has 0 unspecified atom stereocenters. The highest BCUT2D eigenvalue weighted by Crippen LogP contribution is 2.25. The van der Waals surface area contributed by atoms with Crippen molar-refractivity contribution in [3.8, 4) is 23.5 Å². The first-order valence-electron chi connectivity index (χ1n) is 9.56. The Morgan fingerprint density at radius 1 is 0.742 bits per heavy atom. The van der Waals surface area contributed by atoms with Gasteiger partial charge in [0.1, 0.15) is 11.5 Å². The van der Waals surface area contributed by atoms with E-state index in [0.717, 1.165) is 0 Å². The van der Waals surface area contributed by atoms with Gasteiger partial charge in [0, 0.05) is 24.2 Å². The maximum Gasteiger partial charge on any atom is 0.330 e. The van der Waals surface area contributed by atoms with Crippen LogP contribution in [0.3, 0.4) is 0 Å². The van der Waals surface area contributed by atoms with Crippen molar-refractivity contribution in [3.63, 3.8) is 0 Å². The van der Waals surface area contributed by atoms with E-state index in [0.29, 0.717) is 41.7 Å². The summed E-state index contributed by atoms with van der Waals surface area (Å²) in [5.74, 6) is 0.145. The maximum absolute atomic E-state index is 11.2. The molecule has 0 radical (unpaired) electrons. The number of anilines is 1. The van der Waals surface area contributed by atoms with Gasteiger partial charge in [-0.1, -0.05) is 0 Å². The lowest BCUT2D eigenvalue weighted by atomic mass is 10.2. The van der Waals surface area contributed by atoms with Crippen LogP contribution in [0.1, 0.15) is 34.6 Å². The van der Waals surface area contributed by atoms with Crippen LogP contribution in [0, 0.1) is 0 Å². The van der Waals surface area contributed by atoms with Gasteiger partial charge in [0.15, 0.2) is 0 Å². The summed E-state index contributed by atoms with van der Waals surface area (Å²) in [6, 6.07) is 12.6. The topological polar surface area (TPSA) is 147 Å². The van der Waals surface area contributed by atoms with Crippen LogP contribution < -0.4 is 25.8 Å². The molecule has 1 aromatic heterocycles. The smallest absolute Gasteiger partial charge is 0.330 e. The molecule has 0 fully saturated rings. The first-order valence-corrected chi connectivity index (χ1v) is 9.56. The first kappa shape index (κ1) is 21.5. The maximum atomic E-state index is 11.2. The van der Waals surface area contributed by atoms with Crippen molar-refractivity contribution >= 4 is 17.8 Å². The van der Waals surface area contributed by atoms with E-state index >= 15 is 0 Å². The van der Waals surface area contributed by atoms with Crippen molar-refractivity contribution in [2.24, 2.45) is 11.5 Å². The van der Waals surface area contributed by atoms with Crippen molar-refractivity contribution < 1.29 is 19.1 Å². The van der Waals surface area contributed by atoms with Crippen molar-refractivity contribution in [1.29, 1.82) is 0 Å². The summed E-state index contributed by atoms with van der Waals surface area (Å²) < 4.78 is 11.5. The Morgan fingerprint density at radius 2 is 1.13 bits per heavy atom. The summed E-state index contributed by atoms with van der Waals surface area (Å²) in [5.41, 5.74) is 11.2. The molecule has 4 N–H and O–H groups in total. The molecule has 0 aliphatic rings. The monoisotopic (exact) mass is 422 g/mol. The highest BCUT2D eigenvalue weighted by molar-refractivity contribution is 5.93. The van der Waals surface area contributed by atoms with Crippen LogP contribution in [0.2, 0.25) is 0 Å². The van der Waals surface area contributed by atoms with E-state index < -0.39 is 11.8 Å². The molecule has 0 atom stereocenters. The third kappa shape index (κ3) is 5.44. The summed E-state index contributed by atoms with van der Waals surface area (Å²) in [4.78, 5) is 37.3. The summed E-state index contributed by atoms with van der Waals surface area (Å²) in [5, 5.41) is 0. The lowest BCUT2D eigenvalue weighted by Gasteiger charge is -2.19. The number of ether oxygens (including phenoxy) is 2. The molecule has 31 heavy (non-hydrogen) atoms. The SMILES string of the molecule is CCN(CC)c1nc(Oc2ccc(C(N)=O)cc2)nc(Oc2ccc(C(N)=O)cc2)n1. The summed E-state index contributed by atoms with van der Waals surface area (Å²) in [7, 11) is 0. The largest absolute Gasteiger partial charge is 0.424 e. The molecule has 3 aromatic rings. The quantitative estimate of drug-likeness (QED) is 0.535. The van der Waals surface area contributed by atoms with Gasteiger partial charge in [-0.25, -0.2) is 0 Å². The van der Waals surface area contributed by atoms with Gasteiger partial charge in [0.05, 0.1) is 0 Å². The van der Waals surface area contributed by atoms with Crippen LogP contribution in [0.5, 0.6) is 23.5 Å². The Morgan fingerprint density at radius 3 is 1.45 bits per heavy atom. The number of primary amides is 2. The third-order valence-corrected chi connectivity index (χ3v) is 4.32. The summed E-state index contributed by atoms with van der Waals surface area (Å²) >= 11 is 0. The van der Waals surface area contributed by atoms with Gasteiger partial charge in [0.25, 0.3) is 0 Å². The predicted octanol–water partition coefficient (Wildman–Crippen LogP) is 2.50. The Balaban J connectivity index is 1.90. The Bertz CT molecular complexity index is 988.